The van der Waals surface area contributed by atoms with Crippen molar-refractivity contribution >= 4 is 39.0 Å². The highest BCUT2D eigenvalue weighted by molar-refractivity contribution is 7.22. The van der Waals surface area contributed by atoms with Crippen molar-refractivity contribution in [1.29, 1.82) is 0 Å². The first-order valence-corrected chi connectivity index (χ1v) is 11.7. The maximum atomic E-state index is 14.6. The van der Waals surface area contributed by atoms with Crippen LogP contribution in [0.3, 0.4) is 0 Å². The SMILES string of the molecule is Cc1cn2cc(-c3cc4ncn(C5=CCN(C(=O)OC(C)(C)C)CC5)c(=O)c4s3)cc(F)c2n1. The molecule has 0 saturated heterocycles. The Labute approximate surface area is 198 Å². The van der Waals surface area contributed by atoms with Gasteiger partial charge in [-0.05, 0) is 45.9 Å². The maximum Gasteiger partial charge on any atom is 0.410 e. The van der Waals surface area contributed by atoms with Gasteiger partial charge in [0.25, 0.3) is 5.56 Å². The average Bonchev–Trinajstić information content (AvgIpc) is 3.37. The minimum atomic E-state index is -0.562. The van der Waals surface area contributed by atoms with Crippen molar-refractivity contribution in [2.24, 2.45) is 0 Å². The molecule has 0 aliphatic carbocycles. The number of aromatic nitrogens is 4. The summed E-state index contributed by atoms with van der Waals surface area (Å²) in [6.45, 7) is 8.10. The summed E-state index contributed by atoms with van der Waals surface area (Å²) >= 11 is 1.28. The van der Waals surface area contributed by atoms with Crippen LogP contribution in [0.1, 0.15) is 32.9 Å². The number of amides is 1. The molecule has 4 aromatic rings. The summed E-state index contributed by atoms with van der Waals surface area (Å²) in [4.78, 5) is 36.6. The number of ether oxygens (including phenoxy) is 1. The molecule has 0 spiro atoms. The molecular formula is C24H24FN5O3S. The Morgan fingerprint density at radius 2 is 2.03 bits per heavy atom. The molecule has 0 saturated carbocycles. The van der Waals surface area contributed by atoms with E-state index >= 15 is 0 Å². The number of thiophene rings is 1. The molecule has 5 heterocycles. The van der Waals surface area contributed by atoms with Crippen molar-refractivity contribution in [2.75, 3.05) is 13.1 Å². The number of pyridine rings is 1. The number of halogens is 1. The average molecular weight is 482 g/mol. The molecule has 8 nitrogen and oxygen atoms in total. The van der Waals surface area contributed by atoms with Crippen LogP contribution >= 0.6 is 11.3 Å². The van der Waals surface area contributed by atoms with Crippen LogP contribution in [0.25, 0.3) is 32.0 Å². The van der Waals surface area contributed by atoms with Crippen molar-refractivity contribution < 1.29 is 13.9 Å². The van der Waals surface area contributed by atoms with Gasteiger partial charge in [0, 0.05) is 48.0 Å². The maximum absolute atomic E-state index is 14.6. The topological polar surface area (TPSA) is 81.7 Å². The fourth-order valence-electron chi connectivity index (χ4n) is 3.94. The van der Waals surface area contributed by atoms with E-state index in [4.69, 9.17) is 4.74 Å². The summed E-state index contributed by atoms with van der Waals surface area (Å²) in [5, 5.41) is 0. The first kappa shape index (κ1) is 22.3. The summed E-state index contributed by atoms with van der Waals surface area (Å²) in [6.07, 6.45) is 7.06. The number of hydrogen-bond acceptors (Lipinski definition) is 6. The first-order valence-electron chi connectivity index (χ1n) is 10.9. The largest absolute Gasteiger partial charge is 0.444 e. The van der Waals surface area contributed by atoms with Crippen LogP contribution in [0, 0.1) is 12.7 Å². The molecule has 1 aliphatic rings. The van der Waals surface area contributed by atoms with E-state index in [0.29, 0.717) is 35.3 Å². The number of nitrogens with zero attached hydrogens (tertiary/aromatic N) is 5. The van der Waals surface area contributed by atoms with Crippen molar-refractivity contribution in [1.82, 2.24) is 23.8 Å². The zero-order valence-corrected chi connectivity index (χ0v) is 20.1. The quantitative estimate of drug-likeness (QED) is 0.415. The van der Waals surface area contributed by atoms with E-state index in [1.54, 1.807) is 27.8 Å². The van der Waals surface area contributed by atoms with Crippen molar-refractivity contribution in [3.63, 3.8) is 0 Å². The second kappa shape index (κ2) is 8.05. The lowest BCUT2D eigenvalue weighted by Crippen LogP contribution is -2.40. The molecule has 0 aromatic carbocycles. The molecule has 1 amide bonds. The molecule has 34 heavy (non-hydrogen) atoms. The van der Waals surface area contributed by atoms with Crippen LogP contribution in [-0.4, -0.2) is 48.6 Å². The van der Waals surface area contributed by atoms with Gasteiger partial charge in [-0.1, -0.05) is 0 Å². The molecule has 0 bridgehead atoms. The second-order valence-electron chi connectivity index (χ2n) is 9.31. The van der Waals surface area contributed by atoms with E-state index in [1.807, 2.05) is 33.8 Å². The zero-order valence-electron chi connectivity index (χ0n) is 19.3. The number of rotatable bonds is 2. The molecule has 1 aliphatic heterocycles. The van der Waals surface area contributed by atoms with Gasteiger partial charge in [0.2, 0.25) is 0 Å². The molecule has 0 atom stereocenters. The van der Waals surface area contributed by atoms with Gasteiger partial charge in [-0.3, -0.25) is 9.36 Å². The number of carbonyl (C=O) groups excluding carboxylic acids is 1. The van der Waals surface area contributed by atoms with Crippen molar-refractivity contribution in [2.45, 2.75) is 39.7 Å². The van der Waals surface area contributed by atoms with Gasteiger partial charge >= 0.3 is 6.09 Å². The fraction of sp³-hybridized carbons (Fsp3) is 0.333. The molecule has 5 rings (SSSR count). The lowest BCUT2D eigenvalue weighted by atomic mass is 10.2. The summed E-state index contributed by atoms with van der Waals surface area (Å²) in [5.74, 6) is -0.421. The number of hydrogen-bond donors (Lipinski definition) is 0. The minimum absolute atomic E-state index is 0.182. The van der Waals surface area contributed by atoms with Gasteiger partial charge in [-0.2, -0.15) is 0 Å². The lowest BCUT2D eigenvalue weighted by Gasteiger charge is -2.29. The first-order chi connectivity index (χ1) is 16.1. The Kier molecular flexibility index (Phi) is 5.27. The third-order valence-corrected chi connectivity index (χ3v) is 6.66. The van der Waals surface area contributed by atoms with Crippen LogP contribution < -0.4 is 5.56 Å². The Balaban J connectivity index is 1.45. The van der Waals surface area contributed by atoms with E-state index in [0.717, 1.165) is 16.3 Å². The van der Waals surface area contributed by atoms with E-state index in [2.05, 4.69) is 9.97 Å². The number of carbonyl (C=O) groups is 1. The molecule has 0 unspecified atom stereocenters. The van der Waals surface area contributed by atoms with Crippen LogP contribution in [-0.2, 0) is 4.74 Å². The Hall–Kier alpha value is -3.53. The van der Waals surface area contributed by atoms with Gasteiger partial charge in [-0.15, -0.1) is 11.3 Å². The van der Waals surface area contributed by atoms with Crippen LogP contribution in [0.2, 0.25) is 0 Å². The monoisotopic (exact) mass is 481 g/mol. The molecule has 0 fully saturated rings. The van der Waals surface area contributed by atoms with Gasteiger partial charge in [0.15, 0.2) is 11.5 Å². The molecule has 176 valence electrons. The standard InChI is InChI=1S/C24H24FN5O3S/c1-14-11-29-12-15(9-17(25)21(29)27-14)19-10-18-20(34-19)22(31)30(13-26-18)16-5-7-28(8-6-16)23(32)33-24(2,3)4/h5,9-13H,6-8H2,1-4H3. The van der Waals surface area contributed by atoms with Gasteiger partial charge in [0.05, 0.1) is 11.2 Å². The Morgan fingerprint density at radius 3 is 2.74 bits per heavy atom. The highest BCUT2D eigenvalue weighted by atomic mass is 32.1. The van der Waals surface area contributed by atoms with Crippen LogP contribution in [0.4, 0.5) is 9.18 Å². The minimum Gasteiger partial charge on any atom is -0.444 e. The van der Waals surface area contributed by atoms with Crippen molar-refractivity contribution in [3.8, 4) is 10.4 Å². The summed E-state index contributed by atoms with van der Waals surface area (Å²) < 4.78 is 23.7. The van der Waals surface area contributed by atoms with Gasteiger partial charge in [-0.25, -0.2) is 19.2 Å². The lowest BCUT2D eigenvalue weighted by molar-refractivity contribution is 0.0269. The van der Waals surface area contributed by atoms with E-state index in [-0.39, 0.29) is 17.3 Å². The summed E-state index contributed by atoms with van der Waals surface area (Å²) in [7, 11) is 0. The number of imidazole rings is 1. The molecule has 0 N–H and O–H groups in total. The Bertz CT molecular complexity index is 1530. The summed E-state index contributed by atoms with van der Waals surface area (Å²) in [5.41, 5.74) is 2.26. The third kappa shape index (κ3) is 4.09. The predicted molar refractivity (Wildman–Crippen MR) is 129 cm³/mol. The normalized spacial score (nSPS) is 14.6. The number of fused-ring (bicyclic) bond motifs is 2. The number of aryl methyl sites for hydroxylation is 1. The fourth-order valence-corrected chi connectivity index (χ4v) is 4.96. The van der Waals surface area contributed by atoms with Gasteiger partial charge in [0.1, 0.15) is 16.6 Å². The third-order valence-electron chi connectivity index (χ3n) is 5.50. The zero-order chi connectivity index (χ0) is 24.2. The second-order valence-corrected chi connectivity index (χ2v) is 10.4. The van der Waals surface area contributed by atoms with Crippen LogP contribution in [0.15, 0.2) is 41.7 Å². The highest BCUT2D eigenvalue weighted by Gasteiger charge is 2.24. The highest BCUT2D eigenvalue weighted by Crippen LogP contribution is 2.32. The van der Waals surface area contributed by atoms with E-state index in [9.17, 15) is 14.0 Å². The van der Waals surface area contributed by atoms with E-state index < -0.39 is 11.4 Å². The smallest absolute Gasteiger partial charge is 0.410 e. The predicted octanol–water partition coefficient (Wildman–Crippen LogP) is 4.70. The molecule has 10 heteroatoms. The van der Waals surface area contributed by atoms with Crippen molar-refractivity contribution in [3.05, 3.63) is 58.8 Å². The van der Waals surface area contributed by atoms with E-state index in [1.165, 1.54) is 28.3 Å². The molecule has 4 aromatic heterocycles. The summed E-state index contributed by atoms with van der Waals surface area (Å²) in [6, 6.07) is 3.23. The molecule has 0 radical (unpaired) electrons. The Morgan fingerprint density at radius 1 is 1.24 bits per heavy atom. The van der Waals surface area contributed by atoms with Gasteiger partial charge < -0.3 is 14.0 Å². The van der Waals surface area contributed by atoms with Crippen LogP contribution in [0.5, 0.6) is 0 Å². The molecular weight excluding hydrogens is 457 g/mol.